The Bertz CT molecular complexity index is 1070. The quantitative estimate of drug-likeness (QED) is 0.613. The summed E-state index contributed by atoms with van der Waals surface area (Å²) in [5.74, 6) is 1.30. The van der Waals surface area contributed by atoms with Gasteiger partial charge in [0.15, 0.2) is 12.4 Å². The molecule has 4 rings (SSSR count). The van der Waals surface area contributed by atoms with E-state index >= 15 is 0 Å². The van der Waals surface area contributed by atoms with Gasteiger partial charge in [-0.1, -0.05) is 23.7 Å². The van der Waals surface area contributed by atoms with E-state index in [0.717, 1.165) is 17.1 Å². The van der Waals surface area contributed by atoms with Crippen LogP contribution in [0.15, 0.2) is 60.7 Å². The van der Waals surface area contributed by atoms with Gasteiger partial charge < -0.3 is 14.5 Å². The van der Waals surface area contributed by atoms with Gasteiger partial charge in [0, 0.05) is 36.8 Å². The summed E-state index contributed by atoms with van der Waals surface area (Å²) in [4.78, 5) is 16.4. The van der Waals surface area contributed by atoms with Crippen LogP contribution in [-0.2, 0) is 4.79 Å². The number of nitrogens with zero attached hydrogens (tertiary/aromatic N) is 5. The monoisotopic (exact) mass is 433 g/mol. The SMILES string of the molecule is N#Cc1ccc(OCC(=O)N2CCN(c3ccc(-c4ccc(Cl)cc4)nn3)CC2)cc1. The number of carbonyl (C=O) groups is 1. The van der Waals surface area contributed by atoms with E-state index in [-0.39, 0.29) is 12.5 Å². The molecule has 1 aliphatic heterocycles. The number of halogens is 1. The fourth-order valence-corrected chi connectivity index (χ4v) is 3.44. The highest BCUT2D eigenvalue weighted by Gasteiger charge is 2.22. The Hall–Kier alpha value is -3.63. The van der Waals surface area contributed by atoms with Crippen LogP contribution in [0.4, 0.5) is 5.82 Å². The molecule has 1 amide bonds. The summed E-state index contributed by atoms with van der Waals surface area (Å²) in [6.45, 7) is 2.52. The number of rotatable bonds is 5. The van der Waals surface area contributed by atoms with Gasteiger partial charge in [0.1, 0.15) is 5.75 Å². The van der Waals surface area contributed by atoms with Crippen LogP contribution in [-0.4, -0.2) is 53.8 Å². The van der Waals surface area contributed by atoms with Crippen LogP contribution in [0.2, 0.25) is 5.02 Å². The minimum absolute atomic E-state index is 0.0263. The molecule has 8 heteroatoms. The van der Waals surface area contributed by atoms with Gasteiger partial charge in [0.05, 0.1) is 17.3 Å². The predicted molar refractivity (Wildman–Crippen MR) is 118 cm³/mol. The number of hydrogen-bond donors (Lipinski definition) is 0. The molecule has 0 unspecified atom stereocenters. The molecule has 1 aliphatic rings. The average Bonchev–Trinajstić information content (AvgIpc) is 2.83. The second-order valence-corrected chi connectivity index (χ2v) is 7.51. The van der Waals surface area contributed by atoms with Crippen LogP contribution in [0.25, 0.3) is 11.3 Å². The zero-order chi connectivity index (χ0) is 21.6. The molecule has 1 saturated heterocycles. The van der Waals surface area contributed by atoms with E-state index in [9.17, 15) is 4.79 Å². The van der Waals surface area contributed by atoms with Gasteiger partial charge in [-0.3, -0.25) is 4.79 Å². The molecule has 0 saturated carbocycles. The third-order valence-electron chi connectivity index (χ3n) is 5.09. The molecule has 0 atom stereocenters. The number of nitriles is 1. The van der Waals surface area contributed by atoms with Crippen LogP contribution >= 0.6 is 11.6 Å². The molecular weight excluding hydrogens is 414 g/mol. The van der Waals surface area contributed by atoms with Crippen molar-refractivity contribution in [1.82, 2.24) is 15.1 Å². The maximum atomic E-state index is 12.5. The summed E-state index contributed by atoms with van der Waals surface area (Å²) in [5.41, 5.74) is 2.30. The van der Waals surface area contributed by atoms with Crippen molar-refractivity contribution in [3.05, 3.63) is 71.2 Å². The van der Waals surface area contributed by atoms with Gasteiger partial charge >= 0.3 is 0 Å². The first-order valence-corrected chi connectivity index (χ1v) is 10.3. The molecule has 3 aromatic rings. The summed E-state index contributed by atoms with van der Waals surface area (Å²) in [6.07, 6.45) is 0. The van der Waals surface area contributed by atoms with Crippen molar-refractivity contribution in [3.63, 3.8) is 0 Å². The highest BCUT2D eigenvalue weighted by atomic mass is 35.5. The first-order valence-electron chi connectivity index (χ1n) is 9.88. The van der Waals surface area contributed by atoms with Crippen LogP contribution < -0.4 is 9.64 Å². The number of amides is 1. The van der Waals surface area contributed by atoms with Crippen LogP contribution in [0.5, 0.6) is 5.75 Å². The molecule has 31 heavy (non-hydrogen) atoms. The maximum Gasteiger partial charge on any atom is 0.260 e. The van der Waals surface area contributed by atoms with E-state index in [4.69, 9.17) is 21.6 Å². The number of ether oxygens (including phenoxy) is 1. The highest BCUT2D eigenvalue weighted by molar-refractivity contribution is 6.30. The van der Waals surface area contributed by atoms with Gasteiger partial charge in [-0.25, -0.2) is 0 Å². The molecule has 0 bridgehead atoms. The summed E-state index contributed by atoms with van der Waals surface area (Å²) >= 11 is 5.93. The normalized spacial score (nSPS) is 13.5. The van der Waals surface area contributed by atoms with E-state index in [0.29, 0.717) is 42.5 Å². The molecule has 156 valence electrons. The third-order valence-corrected chi connectivity index (χ3v) is 5.34. The van der Waals surface area contributed by atoms with E-state index in [1.54, 1.807) is 29.2 Å². The van der Waals surface area contributed by atoms with Gasteiger partial charge in [0.2, 0.25) is 0 Å². The molecule has 1 fully saturated rings. The number of hydrogen-bond acceptors (Lipinski definition) is 6. The van der Waals surface area contributed by atoms with Gasteiger partial charge in [-0.05, 0) is 48.5 Å². The van der Waals surface area contributed by atoms with Crippen molar-refractivity contribution in [2.45, 2.75) is 0 Å². The first kappa shape index (κ1) is 20.6. The number of carbonyl (C=O) groups excluding carboxylic acids is 1. The molecular formula is C23H20ClN5O2. The number of piperazine rings is 1. The Kier molecular flexibility index (Phi) is 6.29. The Morgan fingerprint density at radius 1 is 0.968 bits per heavy atom. The summed E-state index contributed by atoms with van der Waals surface area (Å²) < 4.78 is 5.55. The van der Waals surface area contributed by atoms with Crippen LogP contribution in [0.3, 0.4) is 0 Å². The second kappa shape index (κ2) is 9.45. The average molecular weight is 434 g/mol. The molecule has 0 spiro atoms. The van der Waals surface area contributed by atoms with Crippen LogP contribution in [0, 0.1) is 11.3 Å². The molecule has 0 radical (unpaired) electrons. The van der Waals surface area contributed by atoms with Gasteiger partial charge in [-0.15, -0.1) is 10.2 Å². The zero-order valence-corrected chi connectivity index (χ0v) is 17.5. The lowest BCUT2D eigenvalue weighted by Crippen LogP contribution is -2.50. The van der Waals surface area contributed by atoms with Crippen LogP contribution in [0.1, 0.15) is 5.56 Å². The van der Waals surface area contributed by atoms with Gasteiger partial charge in [0.25, 0.3) is 5.91 Å². The largest absolute Gasteiger partial charge is 0.484 e. The molecule has 2 heterocycles. The number of anilines is 1. The zero-order valence-electron chi connectivity index (χ0n) is 16.7. The van der Waals surface area contributed by atoms with E-state index in [1.165, 1.54) is 0 Å². The maximum absolute atomic E-state index is 12.5. The van der Waals surface area contributed by atoms with Crippen molar-refractivity contribution in [1.29, 1.82) is 5.26 Å². The fourth-order valence-electron chi connectivity index (χ4n) is 3.32. The van der Waals surface area contributed by atoms with Crippen molar-refractivity contribution in [2.24, 2.45) is 0 Å². The molecule has 2 aromatic carbocycles. The molecule has 1 aromatic heterocycles. The number of benzene rings is 2. The molecule has 0 N–H and O–H groups in total. The smallest absolute Gasteiger partial charge is 0.260 e. The Morgan fingerprint density at radius 2 is 1.68 bits per heavy atom. The minimum atomic E-state index is -0.0619. The summed E-state index contributed by atoms with van der Waals surface area (Å²) in [5, 5.41) is 18.2. The summed E-state index contributed by atoms with van der Waals surface area (Å²) in [6, 6.07) is 20.1. The molecule has 0 aliphatic carbocycles. The Morgan fingerprint density at radius 3 is 2.29 bits per heavy atom. The van der Waals surface area contributed by atoms with Gasteiger partial charge in [-0.2, -0.15) is 5.26 Å². The lowest BCUT2D eigenvalue weighted by atomic mass is 10.1. The van der Waals surface area contributed by atoms with Crippen molar-refractivity contribution < 1.29 is 9.53 Å². The lowest BCUT2D eigenvalue weighted by Gasteiger charge is -2.35. The van der Waals surface area contributed by atoms with E-state index < -0.39 is 0 Å². The third kappa shape index (κ3) is 5.11. The predicted octanol–water partition coefficient (Wildman–Crippen LogP) is 3.40. The fraction of sp³-hybridized carbons (Fsp3) is 0.217. The summed E-state index contributed by atoms with van der Waals surface area (Å²) in [7, 11) is 0. The van der Waals surface area contributed by atoms with Crippen molar-refractivity contribution in [2.75, 3.05) is 37.7 Å². The Balaban J connectivity index is 1.28. The lowest BCUT2D eigenvalue weighted by molar-refractivity contribution is -0.133. The topological polar surface area (TPSA) is 82.4 Å². The van der Waals surface area contributed by atoms with E-state index in [2.05, 4.69) is 21.2 Å². The second-order valence-electron chi connectivity index (χ2n) is 7.08. The highest BCUT2D eigenvalue weighted by Crippen LogP contribution is 2.21. The molecule has 7 nitrogen and oxygen atoms in total. The number of aromatic nitrogens is 2. The Labute approximate surface area is 185 Å². The standard InChI is InChI=1S/C23H20ClN5O2/c24-19-5-3-18(4-6-19)21-9-10-22(27-26-21)28-11-13-29(14-12-28)23(30)16-31-20-7-1-17(15-25)2-8-20/h1-10H,11-14,16H2. The van der Waals surface area contributed by atoms with Crippen molar-refractivity contribution in [3.8, 4) is 23.1 Å². The van der Waals surface area contributed by atoms with Crippen molar-refractivity contribution >= 4 is 23.3 Å². The van der Waals surface area contributed by atoms with E-state index in [1.807, 2.05) is 36.4 Å². The first-order chi connectivity index (χ1) is 15.1. The minimum Gasteiger partial charge on any atom is -0.484 e.